The molecule has 0 saturated carbocycles. The summed E-state index contributed by atoms with van der Waals surface area (Å²) in [7, 11) is 0. The van der Waals surface area contributed by atoms with Gasteiger partial charge in [-0.3, -0.25) is 0 Å². The molecule has 1 rings (SSSR count). The second-order valence-electron chi connectivity index (χ2n) is 5.03. The van der Waals surface area contributed by atoms with Gasteiger partial charge in [-0.2, -0.15) is 0 Å². The molecule has 0 aliphatic heterocycles. The first-order chi connectivity index (χ1) is 6.93. The number of aryl methyl sites for hydroxylation is 1. The first kappa shape index (κ1) is 12.1. The number of hydrogen-bond donors (Lipinski definition) is 1. The van der Waals surface area contributed by atoms with E-state index in [1.807, 2.05) is 6.07 Å². The third kappa shape index (κ3) is 3.59. The molecule has 2 N–H and O–H groups in total. The summed E-state index contributed by atoms with van der Waals surface area (Å²) < 4.78 is 0. The van der Waals surface area contributed by atoms with Crippen LogP contribution in [0, 0.1) is 5.41 Å². The zero-order valence-corrected chi connectivity index (χ0v) is 10.1. The lowest BCUT2D eigenvalue weighted by atomic mass is 9.85. The summed E-state index contributed by atoms with van der Waals surface area (Å²) in [5, 5.41) is 0. The van der Waals surface area contributed by atoms with Gasteiger partial charge in [-0.25, -0.2) is 9.97 Å². The van der Waals surface area contributed by atoms with Gasteiger partial charge < -0.3 is 5.73 Å². The van der Waals surface area contributed by atoms with Crippen LogP contribution in [-0.4, -0.2) is 16.0 Å². The summed E-state index contributed by atoms with van der Waals surface area (Å²) in [4.78, 5) is 8.43. The molecule has 0 aromatic carbocycles. The first-order valence-corrected chi connectivity index (χ1v) is 5.49. The maximum atomic E-state index is 6.11. The van der Waals surface area contributed by atoms with Crippen molar-refractivity contribution in [1.82, 2.24) is 9.97 Å². The van der Waals surface area contributed by atoms with Crippen molar-refractivity contribution in [1.29, 1.82) is 0 Å². The molecular formula is C12H21N3. The Bertz CT molecular complexity index is 315. The molecule has 1 aromatic heterocycles. The molecule has 84 valence electrons. The van der Waals surface area contributed by atoms with Crippen LogP contribution in [0.15, 0.2) is 12.4 Å². The number of nitrogens with zero attached hydrogens (tertiary/aromatic N) is 2. The molecule has 0 aliphatic rings. The van der Waals surface area contributed by atoms with Crippen molar-refractivity contribution >= 4 is 0 Å². The lowest BCUT2D eigenvalue weighted by Crippen LogP contribution is -2.37. The third-order valence-electron chi connectivity index (χ3n) is 2.68. The molecule has 0 amide bonds. The van der Waals surface area contributed by atoms with Gasteiger partial charge in [0.1, 0.15) is 6.33 Å². The SMILES string of the molecule is CCc1cc(CC(N)C(C)(C)C)ncn1. The van der Waals surface area contributed by atoms with Gasteiger partial charge in [0, 0.05) is 23.9 Å². The fourth-order valence-corrected chi connectivity index (χ4v) is 1.28. The fraction of sp³-hybridized carbons (Fsp3) is 0.667. The average molecular weight is 207 g/mol. The molecule has 0 aliphatic carbocycles. The summed E-state index contributed by atoms with van der Waals surface area (Å²) in [6.07, 6.45) is 3.39. The Kier molecular flexibility index (Phi) is 3.80. The highest BCUT2D eigenvalue weighted by atomic mass is 14.8. The van der Waals surface area contributed by atoms with Crippen molar-refractivity contribution in [2.45, 2.75) is 46.6 Å². The van der Waals surface area contributed by atoms with Crippen molar-refractivity contribution in [3.63, 3.8) is 0 Å². The second-order valence-corrected chi connectivity index (χ2v) is 5.03. The van der Waals surface area contributed by atoms with Gasteiger partial charge in [0.2, 0.25) is 0 Å². The number of aromatic nitrogens is 2. The van der Waals surface area contributed by atoms with Crippen molar-refractivity contribution in [2.75, 3.05) is 0 Å². The molecule has 0 fully saturated rings. The van der Waals surface area contributed by atoms with E-state index in [1.54, 1.807) is 6.33 Å². The minimum atomic E-state index is 0.122. The Morgan fingerprint density at radius 1 is 1.27 bits per heavy atom. The van der Waals surface area contributed by atoms with Crippen LogP contribution in [0.25, 0.3) is 0 Å². The maximum absolute atomic E-state index is 6.11. The molecule has 15 heavy (non-hydrogen) atoms. The van der Waals surface area contributed by atoms with E-state index >= 15 is 0 Å². The molecule has 1 unspecified atom stereocenters. The highest BCUT2D eigenvalue weighted by molar-refractivity contribution is 5.10. The Hall–Kier alpha value is -0.960. The maximum Gasteiger partial charge on any atom is 0.115 e. The zero-order chi connectivity index (χ0) is 11.5. The lowest BCUT2D eigenvalue weighted by Gasteiger charge is -2.26. The molecule has 0 saturated heterocycles. The van der Waals surface area contributed by atoms with E-state index in [0.29, 0.717) is 0 Å². The van der Waals surface area contributed by atoms with Crippen LogP contribution in [-0.2, 0) is 12.8 Å². The summed E-state index contributed by atoms with van der Waals surface area (Å²) >= 11 is 0. The molecule has 1 atom stereocenters. The van der Waals surface area contributed by atoms with Gasteiger partial charge in [0.15, 0.2) is 0 Å². The van der Waals surface area contributed by atoms with E-state index in [-0.39, 0.29) is 11.5 Å². The molecule has 0 radical (unpaired) electrons. The van der Waals surface area contributed by atoms with E-state index < -0.39 is 0 Å². The summed E-state index contributed by atoms with van der Waals surface area (Å²) in [6, 6.07) is 2.18. The van der Waals surface area contributed by atoms with Gasteiger partial charge >= 0.3 is 0 Å². The normalized spacial score (nSPS) is 13.9. The lowest BCUT2D eigenvalue weighted by molar-refractivity contribution is 0.316. The molecule has 3 heteroatoms. The van der Waals surface area contributed by atoms with Crippen LogP contribution in [0.3, 0.4) is 0 Å². The van der Waals surface area contributed by atoms with Crippen LogP contribution >= 0.6 is 0 Å². The van der Waals surface area contributed by atoms with Gasteiger partial charge in [-0.15, -0.1) is 0 Å². The number of rotatable bonds is 3. The van der Waals surface area contributed by atoms with Crippen LogP contribution in [0.5, 0.6) is 0 Å². The molecule has 1 aromatic rings. The Balaban J connectivity index is 2.72. The Morgan fingerprint density at radius 2 is 1.87 bits per heavy atom. The van der Waals surface area contributed by atoms with E-state index in [9.17, 15) is 0 Å². The van der Waals surface area contributed by atoms with Gasteiger partial charge in [-0.1, -0.05) is 27.7 Å². The first-order valence-electron chi connectivity index (χ1n) is 5.49. The quantitative estimate of drug-likeness (QED) is 0.824. The van der Waals surface area contributed by atoms with Crippen LogP contribution < -0.4 is 5.73 Å². The number of nitrogens with two attached hydrogens (primary N) is 1. The third-order valence-corrected chi connectivity index (χ3v) is 2.68. The summed E-state index contributed by atoms with van der Waals surface area (Å²) in [6.45, 7) is 8.55. The predicted octanol–water partition coefficient (Wildman–Crippen LogP) is 1.95. The number of hydrogen-bond acceptors (Lipinski definition) is 3. The molecule has 3 nitrogen and oxygen atoms in total. The molecule has 1 heterocycles. The predicted molar refractivity (Wildman–Crippen MR) is 62.5 cm³/mol. The Labute approximate surface area is 92.1 Å². The van der Waals surface area contributed by atoms with Crippen molar-refractivity contribution in [2.24, 2.45) is 11.1 Å². The Morgan fingerprint density at radius 3 is 2.40 bits per heavy atom. The summed E-state index contributed by atoms with van der Waals surface area (Å²) in [5.41, 5.74) is 8.37. The van der Waals surface area contributed by atoms with Gasteiger partial charge in [0.05, 0.1) is 0 Å². The smallest absolute Gasteiger partial charge is 0.115 e. The van der Waals surface area contributed by atoms with E-state index in [2.05, 4.69) is 37.7 Å². The van der Waals surface area contributed by atoms with Gasteiger partial charge in [-0.05, 0) is 17.9 Å². The van der Waals surface area contributed by atoms with Crippen molar-refractivity contribution in [3.8, 4) is 0 Å². The monoisotopic (exact) mass is 207 g/mol. The topological polar surface area (TPSA) is 51.8 Å². The molecular weight excluding hydrogens is 186 g/mol. The largest absolute Gasteiger partial charge is 0.327 e. The van der Waals surface area contributed by atoms with Gasteiger partial charge in [0.25, 0.3) is 0 Å². The highest BCUT2D eigenvalue weighted by Crippen LogP contribution is 2.20. The minimum absolute atomic E-state index is 0.122. The standard InChI is InChI=1S/C12H21N3/c1-5-9-6-10(15-8-14-9)7-11(13)12(2,3)4/h6,8,11H,5,7,13H2,1-4H3. The van der Waals surface area contributed by atoms with Crippen molar-refractivity contribution < 1.29 is 0 Å². The zero-order valence-electron chi connectivity index (χ0n) is 10.1. The van der Waals surface area contributed by atoms with Crippen LogP contribution in [0.2, 0.25) is 0 Å². The van der Waals surface area contributed by atoms with Crippen LogP contribution in [0.4, 0.5) is 0 Å². The second kappa shape index (κ2) is 4.71. The van der Waals surface area contributed by atoms with E-state index in [4.69, 9.17) is 5.73 Å². The van der Waals surface area contributed by atoms with Crippen LogP contribution in [0.1, 0.15) is 39.1 Å². The van der Waals surface area contributed by atoms with E-state index in [1.165, 1.54) is 0 Å². The molecule has 0 spiro atoms. The summed E-state index contributed by atoms with van der Waals surface area (Å²) in [5.74, 6) is 0. The fourth-order valence-electron chi connectivity index (χ4n) is 1.28. The van der Waals surface area contributed by atoms with E-state index in [0.717, 1.165) is 24.2 Å². The minimum Gasteiger partial charge on any atom is -0.327 e. The van der Waals surface area contributed by atoms with Crippen molar-refractivity contribution in [3.05, 3.63) is 23.8 Å². The highest BCUT2D eigenvalue weighted by Gasteiger charge is 2.21. The molecule has 0 bridgehead atoms. The average Bonchev–Trinajstić information content (AvgIpc) is 2.16.